The van der Waals surface area contributed by atoms with Crippen molar-refractivity contribution in [3.63, 3.8) is 0 Å². The first-order chi connectivity index (χ1) is 13.4. The highest BCUT2D eigenvalue weighted by molar-refractivity contribution is 6.42. The molecule has 1 fully saturated rings. The fourth-order valence-electron chi connectivity index (χ4n) is 3.06. The Hall–Kier alpha value is -1.75. The molecule has 150 valence electrons. The molecule has 0 bridgehead atoms. The molecule has 1 heterocycles. The zero-order chi connectivity index (χ0) is 20.1. The molecule has 0 aliphatic carbocycles. The van der Waals surface area contributed by atoms with Crippen LogP contribution in [0.5, 0.6) is 5.75 Å². The molecule has 28 heavy (non-hydrogen) atoms. The van der Waals surface area contributed by atoms with E-state index in [0.717, 1.165) is 37.5 Å². The van der Waals surface area contributed by atoms with E-state index in [1.54, 1.807) is 6.07 Å². The summed E-state index contributed by atoms with van der Waals surface area (Å²) in [5, 5.41) is 4.09. The Morgan fingerprint density at radius 3 is 2.43 bits per heavy atom. The lowest BCUT2D eigenvalue weighted by molar-refractivity contribution is -0.130. The van der Waals surface area contributed by atoms with Crippen LogP contribution in [0.1, 0.15) is 25.0 Å². The van der Waals surface area contributed by atoms with Gasteiger partial charge in [0.15, 0.2) is 0 Å². The van der Waals surface area contributed by atoms with Crippen LogP contribution in [-0.2, 0) is 17.9 Å². The zero-order valence-corrected chi connectivity index (χ0v) is 17.8. The number of amides is 1. The first-order valence-corrected chi connectivity index (χ1v) is 10.3. The fourth-order valence-corrected chi connectivity index (χ4v) is 3.38. The van der Waals surface area contributed by atoms with Crippen LogP contribution in [0, 0.1) is 11.8 Å². The van der Waals surface area contributed by atoms with Crippen molar-refractivity contribution in [2.45, 2.75) is 27.0 Å². The molecule has 0 spiro atoms. The maximum atomic E-state index is 12.0. The molecule has 2 aromatic carbocycles. The van der Waals surface area contributed by atoms with E-state index in [0.29, 0.717) is 22.6 Å². The predicted molar refractivity (Wildman–Crippen MR) is 114 cm³/mol. The van der Waals surface area contributed by atoms with Gasteiger partial charge in [-0.3, -0.25) is 9.69 Å². The lowest BCUT2D eigenvalue weighted by atomic mass is 9.98. The van der Waals surface area contributed by atoms with Crippen molar-refractivity contribution in [2.75, 3.05) is 19.6 Å². The molecule has 1 amide bonds. The number of carbonyl (C=O) groups excluding carboxylic acids is 1. The van der Waals surface area contributed by atoms with Gasteiger partial charge in [0, 0.05) is 26.2 Å². The van der Waals surface area contributed by atoms with Crippen LogP contribution in [-0.4, -0.2) is 30.4 Å². The Bertz CT molecular complexity index is 803. The number of nitrogens with zero attached hydrogens (tertiary/aromatic N) is 1. The highest BCUT2D eigenvalue weighted by atomic mass is 35.5. The Morgan fingerprint density at radius 2 is 1.79 bits per heavy atom. The van der Waals surface area contributed by atoms with Crippen molar-refractivity contribution < 1.29 is 9.53 Å². The van der Waals surface area contributed by atoms with E-state index in [2.05, 4.69) is 36.2 Å². The smallest absolute Gasteiger partial charge is 0.225 e. The molecule has 1 aliphatic heterocycles. The average Bonchev–Trinajstić information content (AvgIpc) is 2.64. The van der Waals surface area contributed by atoms with Crippen LogP contribution >= 0.6 is 23.2 Å². The third-order valence-corrected chi connectivity index (χ3v) is 5.47. The third-order valence-electron chi connectivity index (χ3n) is 4.73. The number of ether oxygens (including phenoxy) is 1. The minimum absolute atomic E-state index is 0.118. The molecule has 0 radical (unpaired) electrons. The largest absolute Gasteiger partial charge is 0.489 e. The molecular formula is C22H26Cl2N2O2. The van der Waals surface area contributed by atoms with Gasteiger partial charge in [-0.25, -0.2) is 0 Å². The van der Waals surface area contributed by atoms with Gasteiger partial charge in [0.25, 0.3) is 0 Å². The van der Waals surface area contributed by atoms with E-state index in [1.165, 1.54) is 5.56 Å². The molecule has 0 saturated carbocycles. The lowest BCUT2D eigenvalue weighted by Crippen LogP contribution is -2.53. The van der Waals surface area contributed by atoms with E-state index in [-0.39, 0.29) is 11.8 Å². The van der Waals surface area contributed by atoms with Crippen LogP contribution < -0.4 is 10.1 Å². The number of rotatable bonds is 8. The summed E-state index contributed by atoms with van der Waals surface area (Å²) in [7, 11) is 0. The van der Waals surface area contributed by atoms with Gasteiger partial charge in [-0.15, -0.1) is 0 Å². The predicted octanol–water partition coefficient (Wildman–Crippen LogP) is 4.78. The number of hydrogen-bond donors (Lipinski definition) is 1. The van der Waals surface area contributed by atoms with Crippen LogP contribution in [0.3, 0.4) is 0 Å². The standard InChI is InChI=1S/C22H26Cl2N2O2/c1-15(2)10-25-22(27)18-12-26(13-18)11-16-3-6-19(7-4-16)28-14-17-5-8-20(23)21(24)9-17/h3-9,15,18H,10-14H2,1-2H3,(H,25,27). The Kier molecular flexibility index (Phi) is 7.22. The summed E-state index contributed by atoms with van der Waals surface area (Å²) < 4.78 is 5.81. The summed E-state index contributed by atoms with van der Waals surface area (Å²) in [4.78, 5) is 14.3. The van der Waals surface area contributed by atoms with E-state index in [1.807, 2.05) is 24.3 Å². The number of benzene rings is 2. The summed E-state index contributed by atoms with van der Waals surface area (Å²) in [6, 6.07) is 13.6. The highest BCUT2D eigenvalue weighted by Gasteiger charge is 2.32. The van der Waals surface area contributed by atoms with Crippen molar-refractivity contribution in [3.05, 3.63) is 63.6 Å². The van der Waals surface area contributed by atoms with Crippen molar-refractivity contribution >= 4 is 29.1 Å². The van der Waals surface area contributed by atoms with E-state index >= 15 is 0 Å². The normalized spacial score (nSPS) is 14.8. The van der Waals surface area contributed by atoms with Crippen LogP contribution in [0.2, 0.25) is 10.0 Å². The van der Waals surface area contributed by atoms with Gasteiger partial charge < -0.3 is 10.1 Å². The second kappa shape index (κ2) is 9.64. The Balaban J connectivity index is 1.41. The molecule has 2 aromatic rings. The lowest BCUT2D eigenvalue weighted by Gasteiger charge is -2.38. The zero-order valence-electron chi connectivity index (χ0n) is 16.3. The first kappa shape index (κ1) is 21.0. The van der Waals surface area contributed by atoms with Crippen molar-refractivity contribution in [1.82, 2.24) is 10.2 Å². The monoisotopic (exact) mass is 420 g/mol. The van der Waals surface area contributed by atoms with E-state index in [9.17, 15) is 4.79 Å². The summed E-state index contributed by atoms with van der Waals surface area (Å²) in [6.45, 7) is 7.88. The average molecular weight is 421 g/mol. The van der Waals surface area contributed by atoms with Gasteiger partial charge in [0.2, 0.25) is 5.91 Å². The van der Waals surface area contributed by atoms with Crippen molar-refractivity contribution in [2.24, 2.45) is 11.8 Å². The van der Waals surface area contributed by atoms with E-state index < -0.39 is 0 Å². The second-order valence-electron chi connectivity index (χ2n) is 7.71. The molecule has 1 saturated heterocycles. The minimum Gasteiger partial charge on any atom is -0.489 e. The molecule has 3 rings (SSSR count). The van der Waals surface area contributed by atoms with Crippen molar-refractivity contribution in [3.8, 4) is 5.75 Å². The van der Waals surface area contributed by atoms with Crippen LogP contribution in [0.15, 0.2) is 42.5 Å². The van der Waals surface area contributed by atoms with Gasteiger partial charge in [0.1, 0.15) is 12.4 Å². The summed E-state index contributed by atoms with van der Waals surface area (Å²) >= 11 is 12.0. The molecule has 0 atom stereocenters. The Labute approximate surface area is 176 Å². The topological polar surface area (TPSA) is 41.6 Å². The van der Waals surface area contributed by atoms with E-state index in [4.69, 9.17) is 27.9 Å². The van der Waals surface area contributed by atoms with Gasteiger partial charge in [-0.1, -0.05) is 55.2 Å². The molecule has 1 N–H and O–H groups in total. The minimum atomic E-state index is 0.118. The van der Waals surface area contributed by atoms with Crippen LogP contribution in [0.25, 0.3) is 0 Å². The highest BCUT2D eigenvalue weighted by Crippen LogP contribution is 2.24. The van der Waals surface area contributed by atoms with Gasteiger partial charge in [-0.05, 0) is 41.3 Å². The van der Waals surface area contributed by atoms with Gasteiger partial charge >= 0.3 is 0 Å². The SMILES string of the molecule is CC(C)CNC(=O)C1CN(Cc2ccc(OCc3ccc(Cl)c(Cl)c3)cc2)C1. The van der Waals surface area contributed by atoms with Gasteiger partial charge in [0.05, 0.1) is 16.0 Å². The second-order valence-corrected chi connectivity index (χ2v) is 8.53. The quantitative estimate of drug-likeness (QED) is 0.667. The van der Waals surface area contributed by atoms with Crippen molar-refractivity contribution in [1.29, 1.82) is 0 Å². The maximum Gasteiger partial charge on any atom is 0.225 e. The number of halogens is 2. The molecule has 6 heteroatoms. The molecule has 1 aliphatic rings. The van der Waals surface area contributed by atoms with Gasteiger partial charge in [-0.2, -0.15) is 0 Å². The summed E-state index contributed by atoms with van der Waals surface area (Å²) in [5.41, 5.74) is 2.18. The third kappa shape index (κ3) is 5.87. The fraction of sp³-hybridized carbons (Fsp3) is 0.409. The number of carbonyl (C=O) groups is 1. The molecular weight excluding hydrogens is 395 g/mol. The molecule has 4 nitrogen and oxygen atoms in total. The summed E-state index contributed by atoms with van der Waals surface area (Å²) in [6.07, 6.45) is 0. The van der Waals surface area contributed by atoms with Crippen LogP contribution in [0.4, 0.5) is 0 Å². The number of likely N-dealkylation sites (tertiary alicyclic amines) is 1. The molecule has 0 aromatic heterocycles. The molecule has 0 unspecified atom stereocenters. The first-order valence-electron chi connectivity index (χ1n) is 9.56. The Morgan fingerprint density at radius 1 is 1.11 bits per heavy atom. The number of hydrogen-bond acceptors (Lipinski definition) is 3. The summed E-state index contributed by atoms with van der Waals surface area (Å²) in [5.74, 6) is 1.59. The maximum absolute atomic E-state index is 12.0. The number of nitrogens with one attached hydrogen (secondary N) is 1.